The van der Waals surface area contributed by atoms with Crippen LogP contribution >= 0.6 is 0 Å². The van der Waals surface area contributed by atoms with Gasteiger partial charge in [-0.3, -0.25) is 9.59 Å². The predicted octanol–water partition coefficient (Wildman–Crippen LogP) is 3.03. The number of carbonyl (C=O) groups is 2. The number of nitrogens with zero attached hydrogens (tertiary/aromatic N) is 1. The van der Waals surface area contributed by atoms with E-state index in [1.807, 2.05) is 13.8 Å². The molecule has 0 aliphatic carbocycles. The van der Waals surface area contributed by atoms with Gasteiger partial charge in [-0.2, -0.15) is 0 Å². The molecule has 28 heavy (non-hydrogen) atoms. The number of ether oxygens (including phenoxy) is 2. The van der Waals surface area contributed by atoms with Crippen molar-refractivity contribution in [1.82, 2.24) is 10.3 Å². The Morgan fingerprint density at radius 2 is 1.86 bits per heavy atom. The van der Waals surface area contributed by atoms with E-state index in [1.165, 1.54) is 0 Å². The molecule has 1 fully saturated rings. The highest BCUT2D eigenvalue weighted by atomic mass is 16.5. The zero-order valence-electron chi connectivity index (χ0n) is 16.1. The van der Waals surface area contributed by atoms with E-state index in [-0.39, 0.29) is 35.4 Å². The molecule has 148 valence electrons. The first-order valence-corrected chi connectivity index (χ1v) is 9.46. The van der Waals surface area contributed by atoms with E-state index < -0.39 is 0 Å². The fourth-order valence-electron chi connectivity index (χ4n) is 2.87. The summed E-state index contributed by atoms with van der Waals surface area (Å²) in [7, 11) is 0. The molecule has 2 heterocycles. The molecule has 0 bridgehead atoms. The molecule has 7 heteroatoms. The lowest BCUT2D eigenvalue weighted by Crippen LogP contribution is -2.32. The molecule has 1 aliphatic rings. The lowest BCUT2D eigenvalue weighted by Gasteiger charge is -2.11. The molecule has 0 radical (unpaired) electrons. The highest BCUT2D eigenvalue weighted by Crippen LogP contribution is 2.17. The number of carbonyl (C=O) groups excluding carboxylic acids is 2. The van der Waals surface area contributed by atoms with Crippen LogP contribution in [0.3, 0.4) is 0 Å². The Hall–Kier alpha value is -2.93. The molecular weight excluding hydrogens is 358 g/mol. The van der Waals surface area contributed by atoms with E-state index in [2.05, 4.69) is 15.6 Å². The van der Waals surface area contributed by atoms with Gasteiger partial charge in [0.25, 0.3) is 11.8 Å². The summed E-state index contributed by atoms with van der Waals surface area (Å²) in [5.74, 6) is 0.0303. The van der Waals surface area contributed by atoms with Crippen LogP contribution in [0.25, 0.3) is 0 Å². The lowest BCUT2D eigenvalue weighted by atomic mass is 10.2. The molecule has 7 nitrogen and oxygen atoms in total. The summed E-state index contributed by atoms with van der Waals surface area (Å²) >= 11 is 0. The Morgan fingerprint density at radius 3 is 2.50 bits per heavy atom. The van der Waals surface area contributed by atoms with Crippen molar-refractivity contribution in [2.24, 2.45) is 0 Å². The maximum absolute atomic E-state index is 12.5. The molecule has 0 saturated carbocycles. The standard InChI is InChI=1S/C21H25N3O4/c1-14(2)28-16-10-8-15(9-11-16)23-21(26)19-7-3-6-18(24-19)20(25)22-13-17-5-4-12-27-17/h3,6-11,14,17H,4-5,12-13H2,1-2H3,(H,22,25)(H,23,26). The number of hydrogen-bond acceptors (Lipinski definition) is 5. The Morgan fingerprint density at radius 1 is 1.14 bits per heavy atom. The number of amides is 2. The topological polar surface area (TPSA) is 89.5 Å². The largest absolute Gasteiger partial charge is 0.491 e. The summed E-state index contributed by atoms with van der Waals surface area (Å²) < 4.78 is 11.1. The first-order chi connectivity index (χ1) is 13.5. The second kappa shape index (κ2) is 9.32. The van der Waals surface area contributed by atoms with Gasteiger partial charge in [-0.15, -0.1) is 0 Å². The molecular formula is C21H25N3O4. The average molecular weight is 383 g/mol. The van der Waals surface area contributed by atoms with Crippen molar-refractivity contribution in [2.45, 2.75) is 38.9 Å². The van der Waals surface area contributed by atoms with Crippen LogP contribution < -0.4 is 15.4 Å². The minimum absolute atomic E-state index is 0.0538. The summed E-state index contributed by atoms with van der Waals surface area (Å²) in [6, 6.07) is 11.9. The van der Waals surface area contributed by atoms with Gasteiger partial charge in [-0.25, -0.2) is 4.98 Å². The van der Waals surface area contributed by atoms with Crippen LogP contribution in [0.5, 0.6) is 5.75 Å². The zero-order chi connectivity index (χ0) is 19.9. The second-order valence-corrected chi connectivity index (χ2v) is 6.90. The summed E-state index contributed by atoms with van der Waals surface area (Å²) in [5.41, 5.74) is 0.995. The van der Waals surface area contributed by atoms with Gasteiger partial charge >= 0.3 is 0 Å². The van der Waals surface area contributed by atoms with E-state index in [0.717, 1.165) is 25.2 Å². The smallest absolute Gasteiger partial charge is 0.274 e. The van der Waals surface area contributed by atoms with Gasteiger partial charge in [0.15, 0.2) is 0 Å². The zero-order valence-corrected chi connectivity index (χ0v) is 16.1. The Bertz CT molecular complexity index is 815. The molecule has 2 aromatic rings. The summed E-state index contributed by atoms with van der Waals surface area (Å²) in [6.07, 6.45) is 2.09. The van der Waals surface area contributed by atoms with Crippen LogP contribution in [0.15, 0.2) is 42.5 Å². The number of pyridine rings is 1. The van der Waals surface area contributed by atoms with Crippen LogP contribution in [0.1, 0.15) is 47.7 Å². The maximum Gasteiger partial charge on any atom is 0.274 e. The first-order valence-electron chi connectivity index (χ1n) is 9.46. The van der Waals surface area contributed by atoms with Crippen LogP contribution in [-0.4, -0.2) is 42.2 Å². The number of anilines is 1. The predicted molar refractivity (Wildman–Crippen MR) is 106 cm³/mol. The molecule has 2 N–H and O–H groups in total. The van der Waals surface area contributed by atoms with Crippen LogP contribution in [0, 0.1) is 0 Å². The molecule has 1 aliphatic heterocycles. The van der Waals surface area contributed by atoms with Crippen molar-refractivity contribution in [3.63, 3.8) is 0 Å². The van der Waals surface area contributed by atoms with Crippen LogP contribution in [0.2, 0.25) is 0 Å². The maximum atomic E-state index is 12.5. The van der Waals surface area contributed by atoms with Crippen molar-refractivity contribution in [2.75, 3.05) is 18.5 Å². The fraction of sp³-hybridized carbons (Fsp3) is 0.381. The van der Waals surface area contributed by atoms with Gasteiger partial charge < -0.3 is 20.1 Å². The van der Waals surface area contributed by atoms with Crippen molar-refractivity contribution >= 4 is 17.5 Å². The van der Waals surface area contributed by atoms with Gasteiger partial charge in [-0.1, -0.05) is 6.07 Å². The Balaban J connectivity index is 1.59. The molecule has 0 spiro atoms. The molecule has 1 aromatic heterocycles. The Kier molecular flexibility index (Phi) is 6.60. The van der Waals surface area contributed by atoms with Crippen molar-refractivity contribution in [1.29, 1.82) is 0 Å². The highest BCUT2D eigenvalue weighted by molar-refractivity contribution is 6.03. The van der Waals surface area contributed by atoms with Gasteiger partial charge in [0.05, 0.1) is 12.2 Å². The SMILES string of the molecule is CC(C)Oc1ccc(NC(=O)c2cccc(C(=O)NCC3CCCO3)n2)cc1. The molecule has 1 saturated heterocycles. The third-order valence-electron chi connectivity index (χ3n) is 4.21. The van der Waals surface area contributed by atoms with Crippen LogP contribution in [-0.2, 0) is 4.74 Å². The van der Waals surface area contributed by atoms with Gasteiger partial charge in [0, 0.05) is 18.8 Å². The highest BCUT2D eigenvalue weighted by Gasteiger charge is 2.18. The number of benzene rings is 1. The molecule has 1 unspecified atom stereocenters. The minimum atomic E-state index is -0.383. The molecule has 1 aromatic carbocycles. The molecule has 1 atom stereocenters. The van der Waals surface area contributed by atoms with Gasteiger partial charge in [0.1, 0.15) is 17.1 Å². The monoisotopic (exact) mass is 383 g/mol. The third-order valence-corrected chi connectivity index (χ3v) is 4.21. The van der Waals surface area contributed by atoms with Gasteiger partial charge in [-0.05, 0) is 63.1 Å². The van der Waals surface area contributed by atoms with Gasteiger partial charge in [0.2, 0.25) is 0 Å². The quantitative estimate of drug-likeness (QED) is 0.767. The normalized spacial score (nSPS) is 16.0. The molecule has 2 amide bonds. The number of aromatic nitrogens is 1. The summed E-state index contributed by atoms with van der Waals surface area (Å²) in [5, 5.41) is 5.58. The van der Waals surface area contributed by atoms with Crippen LogP contribution in [0.4, 0.5) is 5.69 Å². The number of rotatable bonds is 7. The van der Waals surface area contributed by atoms with E-state index in [1.54, 1.807) is 42.5 Å². The first kappa shape index (κ1) is 19.8. The van der Waals surface area contributed by atoms with Crippen molar-refractivity contribution in [3.8, 4) is 5.75 Å². The lowest BCUT2D eigenvalue weighted by molar-refractivity contribution is 0.0853. The average Bonchev–Trinajstić information content (AvgIpc) is 3.21. The third kappa shape index (κ3) is 5.53. The minimum Gasteiger partial charge on any atom is -0.491 e. The Labute approximate surface area is 164 Å². The van der Waals surface area contributed by atoms with E-state index >= 15 is 0 Å². The van der Waals surface area contributed by atoms with Crippen molar-refractivity contribution < 1.29 is 19.1 Å². The second-order valence-electron chi connectivity index (χ2n) is 6.90. The van der Waals surface area contributed by atoms with Crippen molar-refractivity contribution in [3.05, 3.63) is 53.9 Å². The van der Waals surface area contributed by atoms with E-state index in [0.29, 0.717) is 12.2 Å². The fourth-order valence-corrected chi connectivity index (χ4v) is 2.87. The molecule has 3 rings (SSSR count). The summed E-state index contributed by atoms with van der Waals surface area (Å²) in [4.78, 5) is 28.9. The van der Waals surface area contributed by atoms with E-state index in [9.17, 15) is 9.59 Å². The number of hydrogen-bond donors (Lipinski definition) is 2. The van der Waals surface area contributed by atoms with E-state index in [4.69, 9.17) is 9.47 Å². The number of nitrogens with one attached hydrogen (secondary N) is 2. The summed E-state index contributed by atoms with van der Waals surface area (Å²) in [6.45, 7) is 5.08.